The Balaban J connectivity index is 1.54. The molecule has 0 radical (unpaired) electrons. The molecule has 1 aliphatic rings. The zero-order chi connectivity index (χ0) is 17.6. The Hall–Kier alpha value is -2.90. The third-order valence-corrected chi connectivity index (χ3v) is 4.05. The molecular weight excluding hydrogens is 322 g/mol. The van der Waals surface area contributed by atoms with Crippen LogP contribution in [0.2, 0.25) is 0 Å². The fourth-order valence-electron chi connectivity index (χ4n) is 2.55. The lowest BCUT2D eigenvalue weighted by atomic mass is 10.2. The van der Waals surface area contributed by atoms with Gasteiger partial charge in [-0.05, 0) is 0 Å². The summed E-state index contributed by atoms with van der Waals surface area (Å²) in [6, 6.07) is 9.39. The Kier molecular flexibility index (Phi) is 5.27. The van der Waals surface area contributed by atoms with Crippen molar-refractivity contribution in [3.63, 3.8) is 0 Å². The van der Waals surface area contributed by atoms with E-state index in [1.54, 1.807) is 4.90 Å². The Morgan fingerprint density at radius 2 is 2.16 bits per heavy atom. The van der Waals surface area contributed by atoms with Crippen molar-refractivity contribution < 1.29 is 14.1 Å². The molecule has 0 unspecified atom stereocenters. The van der Waals surface area contributed by atoms with Crippen LogP contribution in [0.1, 0.15) is 25.2 Å². The summed E-state index contributed by atoms with van der Waals surface area (Å²) >= 11 is 0. The molecule has 1 aromatic heterocycles. The Bertz CT molecular complexity index is 731. The van der Waals surface area contributed by atoms with E-state index < -0.39 is 0 Å². The van der Waals surface area contributed by atoms with E-state index in [-0.39, 0.29) is 17.9 Å². The topological polar surface area (TPSA) is 100 Å². The molecule has 8 heteroatoms. The second-order valence-corrected chi connectivity index (χ2v) is 6.00. The van der Waals surface area contributed by atoms with Gasteiger partial charge in [0.1, 0.15) is 0 Å². The molecule has 0 aliphatic carbocycles. The zero-order valence-electron chi connectivity index (χ0n) is 14.1. The zero-order valence-corrected chi connectivity index (χ0v) is 14.1. The van der Waals surface area contributed by atoms with Gasteiger partial charge >= 0.3 is 6.03 Å². The normalized spacial score (nSPS) is 16.0. The molecule has 1 saturated heterocycles. The number of nitrogens with one attached hydrogen (secondary N) is 2. The summed E-state index contributed by atoms with van der Waals surface area (Å²) < 4.78 is 5.31. The summed E-state index contributed by atoms with van der Waals surface area (Å²) in [4.78, 5) is 29.6. The highest BCUT2D eigenvalue weighted by Crippen LogP contribution is 2.19. The Morgan fingerprint density at radius 3 is 2.96 bits per heavy atom. The summed E-state index contributed by atoms with van der Waals surface area (Å²) in [7, 11) is 0. The van der Waals surface area contributed by atoms with Crippen molar-refractivity contribution >= 4 is 11.9 Å². The maximum Gasteiger partial charge on any atom is 0.317 e. The lowest BCUT2D eigenvalue weighted by Crippen LogP contribution is -2.42. The number of hydrogen-bond donors (Lipinski definition) is 2. The largest absolute Gasteiger partial charge is 0.354 e. The van der Waals surface area contributed by atoms with Gasteiger partial charge in [-0.3, -0.25) is 4.79 Å². The maximum absolute atomic E-state index is 12.2. The molecule has 3 rings (SSSR count). The van der Waals surface area contributed by atoms with Crippen LogP contribution in [0.15, 0.2) is 34.9 Å². The third-order valence-electron chi connectivity index (χ3n) is 4.05. The summed E-state index contributed by atoms with van der Waals surface area (Å²) in [5.74, 6) is 0.876. The lowest BCUT2D eigenvalue weighted by molar-refractivity contribution is -0.120. The van der Waals surface area contributed by atoms with Gasteiger partial charge in [-0.25, -0.2) is 4.79 Å². The molecule has 1 atom stereocenters. The molecule has 2 heterocycles. The van der Waals surface area contributed by atoms with E-state index in [2.05, 4.69) is 20.8 Å². The van der Waals surface area contributed by atoms with Crippen molar-refractivity contribution in [1.29, 1.82) is 0 Å². The summed E-state index contributed by atoms with van der Waals surface area (Å²) in [5.41, 5.74) is 0.885. The second-order valence-electron chi connectivity index (χ2n) is 6.00. The summed E-state index contributed by atoms with van der Waals surface area (Å²) in [5, 5.41) is 9.60. The number of carbonyl (C=O) groups excluding carboxylic acids is 2. The van der Waals surface area contributed by atoms with Crippen molar-refractivity contribution in [1.82, 2.24) is 25.7 Å². The van der Waals surface area contributed by atoms with E-state index in [0.717, 1.165) is 5.56 Å². The van der Waals surface area contributed by atoms with Crippen molar-refractivity contribution in [2.75, 3.05) is 26.2 Å². The van der Waals surface area contributed by atoms with E-state index in [4.69, 9.17) is 4.52 Å². The average Bonchev–Trinajstić information content (AvgIpc) is 3.03. The monoisotopic (exact) mass is 343 g/mol. The van der Waals surface area contributed by atoms with Crippen LogP contribution in [0.3, 0.4) is 0 Å². The molecule has 1 fully saturated rings. The van der Waals surface area contributed by atoms with Gasteiger partial charge in [-0.2, -0.15) is 4.98 Å². The number of rotatable bonds is 4. The molecule has 0 saturated carbocycles. The van der Waals surface area contributed by atoms with Crippen LogP contribution in [-0.4, -0.2) is 53.2 Å². The van der Waals surface area contributed by atoms with Crippen LogP contribution >= 0.6 is 0 Å². The predicted octanol–water partition coefficient (Wildman–Crippen LogP) is 1.37. The van der Waals surface area contributed by atoms with Gasteiger partial charge < -0.3 is 20.1 Å². The first-order chi connectivity index (χ1) is 12.1. The second kappa shape index (κ2) is 7.78. The molecular formula is C17H21N5O3. The van der Waals surface area contributed by atoms with Gasteiger partial charge in [-0.1, -0.05) is 42.4 Å². The number of carbonyl (C=O) groups is 2. The van der Waals surface area contributed by atoms with Crippen molar-refractivity contribution in [3.05, 3.63) is 36.2 Å². The fourth-order valence-corrected chi connectivity index (χ4v) is 2.55. The molecule has 0 bridgehead atoms. The Morgan fingerprint density at radius 1 is 1.36 bits per heavy atom. The molecule has 25 heavy (non-hydrogen) atoms. The van der Waals surface area contributed by atoms with Gasteiger partial charge in [0.15, 0.2) is 0 Å². The van der Waals surface area contributed by atoms with Crippen LogP contribution in [0.4, 0.5) is 4.79 Å². The van der Waals surface area contributed by atoms with E-state index in [1.165, 1.54) is 0 Å². The molecule has 1 aliphatic heterocycles. The number of aromatic nitrogens is 2. The summed E-state index contributed by atoms with van der Waals surface area (Å²) in [6.45, 7) is 3.70. The minimum Gasteiger partial charge on any atom is -0.354 e. The van der Waals surface area contributed by atoms with Gasteiger partial charge in [-0.15, -0.1) is 0 Å². The van der Waals surface area contributed by atoms with E-state index in [0.29, 0.717) is 44.3 Å². The highest BCUT2D eigenvalue weighted by atomic mass is 16.5. The number of hydrogen-bond acceptors (Lipinski definition) is 5. The van der Waals surface area contributed by atoms with Gasteiger partial charge in [0.2, 0.25) is 17.6 Å². The van der Waals surface area contributed by atoms with Crippen LogP contribution in [0.5, 0.6) is 0 Å². The lowest BCUT2D eigenvalue weighted by Gasteiger charge is -2.20. The van der Waals surface area contributed by atoms with Crippen molar-refractivity contribution in [3.8, 4) is 11.4 Å². The van der Waals surface area contributed by atoms with E-state index in [9.17, 15) is 9.59 Å². The molecule has 2 aromatic rings. The van der Waals surface area contributed by atoms with Crippen molar-refractivity contribution in [2.45, 2.75) is 19.3 Å². The number of urea groups is 1. The first kappa shape index (κ1) is 16.9. The molecule has 1 aromatic carbocycles. The predicted molar refractivity (Wildman–Crippen MR) is 90.7 cm³/mol. The van der Waals surface area contributed by atoms with Crippen LogP contribution in [-0.2, 0) is 4.79 Å². The molecule has 132 valence electrons. The highest BCUT2D eigenvalue weighted by Gasteiger charge is 2.20. The van der Waals surface area contributed by atoms with Crippen LogP contribution < -0.4 is 10.6 Å². The van der Waals surface area contributed by atoms with Gasteiger partial charge in [0.05, 0.1) is 5.92 Å². The Labute approximate surface area is 145 Å². The highest BCUT2D eigenvalue weighted by molar-refractivity contribution is 5.79. The fraction of sp³-hybridized carbons (Fsp3) is 0.412. The third kappa shape index (κ3) is 4.34. The minimum atomic E-state index is -0.189. The smallest absolute Gasteiger partial charge is 0.317 e. The standard InChI is InChI=1S/C17H21N5O3/c1-12(11-19-17(24)22-9-7-14(23)18-8-10-22)16-20-15(21-25-16)13-5-3-2-4-6-13/h2-6,12H,7-11H2,1H3,(H,18,23)(H,19,24)/t12-/m0/s1. The van der Waals surface area contributed by atoms with Gasteiger partial charge in [0.25, 0.3) is 0 Å². The molecule has 2 N–H and O–H groups in total. The van der Waals surface area contributed by atoms with Gasteiger partial charge in [0, 0.05) is 38.2 Å². The maximum atomic E-state index is 12.2. The van der Waals surface area contributed by atoms with Crippen LogP contribution in [0.25, 0.3) is 11.4 Å². The number of nitrogens with zero attached hydrogens (tertiary/aromatic N) is 3. The molecule has 0 spiro atoms. The quantitative estimate of drug-likeness (QED) is 0.873. The number of amides is 3. The van der Waals surface area contributed by atoms with E-state index in [1.807, 2.05) is 37.3 Å². The van der Waals surface area contributed by atoms with Crippen molar-refractivity contribution in [2.24, 2.45) is 0 Å². The molecule has 8 nitrogen and oxygen atoms in total. The first-order valence-electron chi connectivity index (χ1n) is 8.32. The summed E-state index contributed by atoms with van der Waals surface area (Å²) in [6.07, 6.45) is 0.326. The average molecular weight is 343 g/mol. The SMILES string of the molecule is C[C@@H](CNC(=O)N1CCNC(=O)CC1)c1nc(-c2ccccc2)no1. The number of benzene rings is 1. The minimum absolute atomic E-state index is 0.0250. The first-order valence-corrected chi connectivity index (χ1v) is 8.32. The van der Waals surface area contributed by atoms with E-state index >= 15 is 0 Å². The molecule has 3 amide bonds. The van der Waals surface area contributed by atoms with Crippen LogP contribution in [0, 0.1) is 0 Å².